The number of aliphatic hydroxyl groups is 2. The number of fused-ring (bicyclic) bond motifs is 1. The van der Waals surface area contributed by atoms with E-state index in [1.807, 2.05) is 20.8 Å². The molecule has 0 aromatic rings. The van der Waals surface area contributed by atoms with Crippen molar-refractivity contribution in [2.24, 2.45) is 40.4 Å². The molecule has 3 saturated carbocycles. The molecule has 4 nitrogen and oxygen atoms in total. The molecule has 3 aliphatic rings. The third-order valence-electron chi connectivity index (χ3n) is 10.5. The minimum absolute atomic E-state index is 0.00696. The second kappa shape index (κ2) is 11.2. The summed E-state index contributed by atoms with van der Waals surface area (Å²) in [4.78, 5) is 11.5. The Bertz CT molecular complexity index is 832. The molecule has 3 fully saturated rings. The number of allylic oxidation sites excluding steroid dienone is 1. The quantitative estimate of drug-likeness (QED) is 0.257. The number of ether oxygens (including phenoxy) is 1. The molecule has 37 heavy (non-hydrogen) atoms. The molecule has 3 aliphatic carbocycles. The number of carbonyl (C=O) groups excluding carboxylic acids is 1. The van der Waals surface area contributed by atoms with Crippen LogP contribution in [0.1, 0.15) is 106 Å². The fourth-order valence-electron chi connectivity index (χ4n) is 8.75. The summed E-state index contributed by atoms with van der Waals surface area (Å²) < 4.78 is 46.3. The Morgan fingerprint density at radius 2 is 1.81 bits per heavy atom. The van der Waals surface area contributed by atoms with Crippen molar-refractivity contribution in [2.45, 2.75) is 124 Å². The van der Waals surface area contributed by atoms with Crippen LogP contribution < -0.4 is 0 Å². The molecule has 0 heterocycles. The van der Waals surface area contributed by atoms with Gasteiger partial charge in [-0.05, 0) is 99.2 Å². The van der Waals surface area contributed by atoms with Crippen molar-refractivity contribution in [3.63, 3.8) is 0 Å². The molecule has 4 unspecified atom stereocenters. The SMILES string of the molecule is CC(=O)O[C@H]1CC[C@](C)(C2CC[C@@]3(C)C(CCC3[C@H](C)CCCC(C)(C)O)C2CO)C(=CC(F)(F)F)C1. The molecule has 0 spiro atoms. The number of hydrogen-bond acceptors (Lipinski definition) is 4. The van der Waals surface area contributed by atoms with Crippen molar-refractivity contribution in [1.82, 2.24) is 0 Å². The Balaban J connectivity index is 1.82. The van der Waals surface area contributed by atoms with Gasteiger partial charge >= 0.3 is 12.1 Å². The Morgan fingerprint density at radius 1 is 1.14 bits per heavy atom. The van der Waals surface area contributed by atoms with Crippen LogP contribution in [-0.4, -0.2) is 40.7 Å². The number of halogens is 3. The molecular formula is C30H49F3O4. The number of carbonyl (C=O) groups is 1. The van der Waals surface area contributed by atoms with E-state index in [0.717, 1.165) is 44.9 Å². The molecular weight excluding hydrogens is 481 g/mol. The maximum absolute atomic E-state index is 13.7. The van der Waals surface area contributed by atoms with Crippen molar-refractivity contribution < 1.29 is 32.9 Å². The van der Waals surface area contributed by atoms with Crippen molar-refractivity contribution in [2.75, 3.05) is 6.61 Å². The molecule has 3 rings (SSSR count). The number of hydrogen-bond donors (Lipinski definition) is 2. The average molecular weight is 531 g/mol. The molecule has 0 amide bonds. The number of rotatable bonds is 8. The normalized spacial score (nSPS) is 38.9. The minimum Gasteiger partial charge on any atom is -0.462 e. The highest BCUT2D eigenvalue weighted by atomic mass is 19.4. The lowest BCUT2D eigenvalue weighted by Crippen LogP contribution is -2.50. The van der Waals surface area contributed by atoms with Crippen molar-refractivity contribution in [1.29, 1.82) is 0 Å². The first kappa shape index (κ1) is 30.5. The number of alkyl halides is 3. The van der Waals surface area contributed by atoms with Gasteiger partial charge in [0.15, 0.2) is 0 Å². The first-order valence-electron chi connectivity index (χ1n) is 14.3. The van der Waals surface area contributed by atoms with Crippen molar-refractivity contribution >= 4 is 5.97 Å². The summed E-state index contributed by atoms with van der Waals surface area (Å²) in [6.07, 6.45) is 3.30. The molecule has 0 aliphatic heterocycles. The Labute approximate surface area is 221 Å². The van der Waals surface area contributed by atoms with Gasteiger partial charge in [0.1, 0.15) is 6.10 Å². The van der Waals surface area contributed by atoms with Gasteiger partial charge in [-0.2, -0.15) is 13.2 Å². The summed E-state index contributed by atoms with van der Waals surface area (Å²) in [5.74, 6) is 0.769. The fraction of sp³-hybridized carbons (Fsp3) is 0.900. The van der Waals surface area contributed by atoms with Crippen molar-refractivity contribution in [3.05, 3.63) is 11.6 Å². The van der Waals surface area contributed by atoms with Crippen molar-refractivity contribution in [3.8, 4) is 0 Å². The summed E-state index contributed by atoms with van der Waals surface area (Å²) in [6.45, 7) is 11.6. The van der Waals surface area contributed by atoms with Crippen LogP contribution in [0.3, 0.4) is 0 Å². The van der Waals surface area contributed by atoms with Crippen LogP contribution in [-0.2, 0) is 9.53 Å². The van der Waals surface area contributed by atoms with Gasteiger partial charge in [-0.3, -0.25) is 4.79 Å². The Morgan fingerprint density at radius 3 is 2.38 bits per heavy atom. The van der Waals surface area contributed by atoms with Gasteiger partial charge in [-0.15, -0.1) is 0 Å². The summed E-state index contributed by atoms with van der Waals surface area (Å²) in [5.41, 5.74) is -0.957. The zero-order valence-corrected chi connectivity index (χ0v) is 23.7. The van der Waals surface area contributed by atoms with Crippen LogP contribution in [0.2, 0.25) is 0 Å². The van der Waals surface area contributed by atoms with Crippen LogP contribution in [0, 0.1) is 40.4 Å². The lowest BCUT2D eigenvalue weighted by molar-refractivity contribution is -0.148. The summed E-state index contributed by atoms with van der Waals surface area (Å²) in [5, 5.41) is 20.8. The van der Waals surface area contributed by atoms with E-state index >= 15 is 0 Å². The van der Waals surface area contributed by atoms with Crippen LogP contribution in [0.25, 0.3) is 0 Å². The van der Waals surface area contributed by atoms with Gasteiger partial charge in [0, 0.05) is 26.0 Å². The standard InChI is InChI=1S/C30H49F3O4/c1-19(8-7-13-27(3,4)36)24-9-10-25-23(18-34)26(12-15-29(24,25)6)28(5)14-11-22(37-20(2)35)16-21(28)17-30(31,32)33/h17,19,22-26,34,36H,7-16,18H2,1-6H3/t19-,22+,23?,24?,25?,26?,28+,29-/m1/s1. The van der Waals surface area contributed by atoms with E-state index in [0.29, 0.717) is 36.3 Å². The summed E-state index contributed by atoms with van der Waals surface area (Å²) in [6, 6.07) is 0. The zero-order valence-electron chi connectivity index (χ0n) is 23.7. The van der Waals surface area contributed by atoms with Crippen LogP contribution in [0.5, 0.6) is 0 Å². The topological polar surface area (TPSA) is 66.8 Å². The monoisotopic (exact) mass is 530 g/mol. The van der Waals surface area contributed by atoms with Gasteiger partial charge in [-0.25, -0.2) is 0 Å². The van der Waals surface area contributed by atoms with E-state index in [2.05, 4.69) is 13.8 Å². The minimum atomic E-state index is -4.44. The Hall–Kier alpha value is -1.08. The second-order valence-electron chi connectivity index (χ2n) is 13.6. The van der Waals surface area contributed by atoms with E-state index in [1.54, 1.807) is 0 Å². The van der Waals surface area contributed by atoms with E-state index < -0.39 is 29.3 Å². The molecule has 8 atom stereocenters. The van der Waals surface area contributed by atoms with E-state index in [1.165, 1.54) is 6.92 Å². The highest BCUT2D eigenvalue weighted by molar-refractivity contribution is 5.66. The fourth-order valence-corrected chi connectivity index (χ4v) is 8.75. The molecule has 0 bridgehead atoms. The first-order chi connectivity index (χ1) is 17.0. The maximum Gasteiger partial charge on any atom is 0.409 e. The molecule has 0 radical (unpaired) electrons. The Kier molecular flexibility index (Phi) is 9.21. The van der Waals surface area contributed by atoms with Gasteiger partial charge in [-0.1, -0.05) is 39.2 Å². The molecule has 0 aromatic heterocycles. The third-order valence-corrected chi connectivity index (χ3v) is 10.5. The maximum atomic E-state index is 13.7. The molecule has 214 valence electrons. The first-order valence-corrected chi connectivity index (χ1v) is 14.3. The second-order valence-corrected chi connectivity index (χ2v) is 13.6. The van der Waals surface area contributed by atoms with E-state index in [4.69, 9.17) is 4.74 Å². The predicted molar refractivity (Wildman–Crippen MR) is 139 cm³/mol. The highest BCUT2D eigenvalue weighted by Crippen LogP contribution is 2.65. The molecule has 7 heteroatoms. The van der Waals surface area contributed by atoms with Gasteiger partial charge in [0.05, 0.1) is 5.60 Å². The van der Waals surface area contributed by atoms with E-state index in [9.17, 15) is 28.2 Å². The van der Waals surface area contributed by atoms with Crippen LogP contribution >= 0.6 is 0 Å². The number of aliphatic hydroxyl groups excluding tert-OH is 1. The largest absolute Gasteiger partial charge is 0.462 e. The lowest BCUT2D eigenvalue weighted by atomic mass is 9.49. The molecule has 2 N–H and O–H groups in total. The van der Waals surface area contributed by atoms with Gasteiger partial charge in [0.25, 0.3) is 0 Å². The summed E-state index contributed by atoms with van der Waals surface area (Å²) >= 11 is 0. The molecule has 0 aromatic carbocycles. The molecule has 0 saturated heterocycles. The lowest BCUT2D eigenvalue weighted by Gasteiger charge is -2.56. The van der Waals surface area contributed by atoms with Gasteiger partial charge in [0.2, 0.25) is 0 Å². The smallest absolute Gasteiger partial charge is 0.409 e. The zero-order chi connectivity index (χ0) is 27.8. The number of esters is 1. The average Bonchev–Trinajstić information content (AvgIpc) is 3.10. The highest BCUT2D eigenvalue weighted by Gasteiger charge is 2.58. The summed E-state index contributed by atoms with van der Waals surface area (Å²) in [7, 11) is 0. The van der Waals surface area contributed by atoms with Crippen LogP contribution in [0.15, 0.2) is 11.6 Å². The van der Waals surface area contributed by atoms with E-state index in [-0.39, 0.29) is 36.2 Å². The van der Waals surface area contributed by atoms with Crippen LogP contribution in [0.4, 0.5) is 13.2 Å². The predicted octanol–water partition coefficient (Wildman–Crippen LogP) is 7.23. The third kappa shape index (κ3) is 6.93. The van der Waals surface area contributed by atoms with Gasteiger partial charge < -0.3 is 14.9 Å².